The monoisotopic (exact) mass is 254 g/mol. The molecular weight excluding hydrogens is 220 g/mol. The van der Waals surface area contributed by atoms with Crippen LogP contribution in [-0.4, -0.2) is 36.1 Å². The lowest BCUT2D eigenvalue weighted by Crippen LogP contribution is -2.49. The van der Waals surface area contributed by atoms with E-state index in [-0.39, 0.29) is 5.54 Å². The molecule has 1 unspecified atom stereocenters. The van der Waals surface area contributed by atoms with Crippen molar-refractivity contribution in [2.45, 2.75) is 78.3 Å². The summed E-state index contributed by atoms with van der Waals surface area (Å²) in [5, 5.41) is 3.66. The fraction of sp³-hybridized carbons (Fsp3) is 1.00. The predicted molar refractivity (Wildman–Crippen MR) is 81.0 cm³/mol. The van der Waals surface area contributed by atoms with Crippen LogP contribution in [0.4, 0.5) is 0 Å². The average molecular weight is 254 g/mol. The van der Waals surface area contributed by atoms with Gasteiger partial charge in [0.05, 0.1) is 0 Å². The molecule has 0 aromatic heterocycles. The van der Waals surface area contributed by atoms with Crippen molar-refractivity contribution < 1.29 is 0 Å². The number of rotatable bonds is 6. The maximum atomic E-state index is 3.66. The minimum Gasteiger partial charge on any atom is -0.311 e. The first-order valence-corrected chi connectivity index (χ1v) is 7.95. The van der Waals surface area contributed by atoms with Crippen molar-refractivity contribution in [2.24, 2.45) is 5.92 Å². The molecule has 0 aromatic rings. The molecule has 0 aliphatic carbocycles. The van der Waals surface area contributed by atoms with Crippen LogP contribution < -0.4 is 5.32 Å². The molecule has 2 heteroatoms. The highest BCUT2D eigenvalue weighted by Gasteiger charge is 2.24. The van der Waals surface area contributed by atoms with Gasteiger partial charge in [-0.25, -0.2) is 0 Å². The lowest BCUT2D eigenvalue weighted by molar-refractivity contribution is 0.119. The summed E-state index contributed by atoms with van der Waals surface area (Å²) >= 11 is 0. The highest BCUT2D eigenvalue weighted by atomic mass is 15.2. The summed E-state index contributed by atoms with van der Waals surface area (Å²) in [5.41, 5.74) is 0.244. The Bertz CT molecular complexity index is 212. The van der Waals surface area contributed by atoms with Crippen LogP contribution in [0, 0.1) is 5.92 Å². The molecule has 2 nitrogen and oxygen atoms in total. The van der Waals surface area contributed by atoms with Crippen molar-refractivity contribution >= 4 is 0 Å². The van der Waals surface area contributed by atoms with Crippen molar-refractivity contribution in [3.05, 3.63) is 0 Å². The van der Waals surface area contributed by atoms with E-state index in [9.17, 15) is 0 Å². The molecule has 18 heavy (non-hydrogen) atoms. The van der Waals surface area contributed by atoms with E-state index in [1.165, 1.54) is 45.2 Å². The van der Waals surface area contributed by atoms with Crippen LogP contribution in [0.1, 0.15) is 66.7 Å². The molecule has 108 valence electrons. The molecule has 1 heterocycles. The van der Waals surface area contributed by atoms with Crippen LogP contribution in [-0.2, 0) is 0 Å². The van der Waals surface area contributed by atoms with Gasteiger partial charge in [0.25, 0.3) is 0 Å². The third kappa shape index (κ3) is 5.71. The Morgan fingerprint density at radius 3 is 2.22 bits per heavy atom. The standard InChI is InChI=1S/C16H34N2/c1-6-8-14-9-11-18(12-10-14)15(7-2)13-17-16(3,4)5/h14-15,17H,6-13H2,1-5H3. The van der Waals surface area contributed by atoms with Gasteiger partial charge in [-0.3, -0.25) is 4.90 Å². The topological polar surface area (TPSA) is 15.3 Å². The lowest BCUT2D eigenvalue weighted by Gasteiger charge is -2.38. The van der Waals surface area contributed by atoms with Gasteiger partial charge in [0.15, 0.2) is 0 Å². The molecule has 0 amide bonds. The average Bonchev–Trinajstić information content (AvgIpc) is 2.31. The van der Waals surface area contributed by atoms with E-state index >= 15 is 0 Å². The number of hydrogen-bond donors (Lipinski definition) is 1. The van der Waals surface area contributed by atoms with Crippen molar-refractivity contribution in [3.8, 4) is 0 Å². The zero-order valence-electron chi connectivity index (χ0n) is 13.3. The summed E-state index contributed by atoms with van der Waals surface area (Å²) in [5.74, 6) is 0.999. The Balaban J connectivity index is 2.34. The molecule has 0 bridgehead atoms. The van der Waals surface area contributed by atoms with Crippen molar-refractivity contribution in [1.29, 1.82) is 0 Å². The molecule has 1 rings (SSSR count). The second-order valence-electron chi connectivity index (χ2n) is 6.96. The normalized spacial score (nSPS) is 21.2. The summed E-state index contributed by atoms with van der Waals surface area (Å²) in [6.07, 6.45) is 6.89. The molecule has 1 aliphatic rings. The molecule has 0 radical (unpaired) electrons. The van der Waals surface area contributed by atoms with Crippen molar-refractivity contribution in [2.75, 3.05) is 19.6 Å². The Hall–Kier alpha value is -0.0800. The smallest absolute Gasteiger partial charge is 0.0218 e. The van der Waals surface area contributed by atoms with E-state index in [0.717, 1.165) is 18.5 Å². The molecule has 0 saturated carbocycles. The van der Waals surface area contributed by atoms with E-state index < -0.39 is 0 Å². The van der Waals surface area contributed by atoms with E-state index in [0.29, 0.717) is 0 Å². The lowest BCUT2D eigenvalue weighted by atomic mass is 9.91. The van der Waals surface area contributed by atoms with E-state index in [2.05, 4.69) is 44.8 Å². The molecule has 1 aliphatic heterocycles. The number of piperidine rings is 1. The highest BCUT2D eigenvalue weighted by Crippen LogP contribution is 2.23. The second-order valence-corrected chi connectivity index (χ2v) is 6.96. The largest absolute Gasteiger partial charge is 0.311 e. The van der Waals surface area contributed by atoms with Gasteiger partial charge in [-0.15, -0.1) is 0 Å². The van der Waals surface area contributed by atoms with Gasteiger partial charge in [-0.2, -0.15) is 0 Å². The summed E-state index contributed by atoms with van der Waals surface area (Å²) in [6, 6.07) is 0.729. The number of hydrogen-bond acceptors (Lipinski definition) is 2. The first-order chi connectivity index (χ1) is 8.46. The Labute approximate surface area is 115 Å². The fourth-order valence-corrected chi connectivity index (χ4v) is 2.97. The maximum Gasteiger partial charge on any atom is 0.0218 e. The fourth-order valence-electron chi connectivity index (χ4n) is 2.97. The molecule has 1 atom stereocenters. The quantitative estimate of drug-likeness (QED) is 0.778. The van der Waals surface area contributed by atoms with Crippen LogP contribution >= 0.6 is 0 Å². The molecule has 0 aromatic carbocycles. The highest BCUT2D eigenvalue weighted by molar-refractivity contribution is 4.81. The summed E-state index contributed by atoms with van der Waals surface area (Å²) in [7, 11) is 0. The van der Waals surface area contributed by atoms with E-state index in [1.54, 1.807) is 0 Å². The molecule has 1 N–H and O–H groups in total. The van der Waals surface area contributed by atoms with Crippen LogP contribution in [0.3, 0.4) is 0 Å². The van der Waals surface area contributed by atoms with Crippen LogP contribution in [0.5, 0.6) is 0 Å². The molecule has 0 spiro atoms. The Kier molecular flexibility index (Phi) is 6.65. The zero-order chi connectivity index (χ0) is 13.6. The van der Waals surface area contributed by atoms with Crippen molar-refractivity contribution in [3.63, 3.8) is 0 Å². The molecular formula is C16H34N2. The van der Waals surface area contributed by atoms with Gasteiger partial charge < -0.3 is 5.32 Å². The Morgan fingerprint density at radius 2 is 1.78 bits per heavy atom. The minimum absolute atomic E-state index is 0.244. The zero-order valence-corrected chi connectivity index (χ0v) is 13.3. The minimum atomic E-state index is 0.244. The second kappa shape index (κ2) is 7.49. The first kappa shape index (κ1) is 16.0. The summed E-state index contributed by atoms with van der Waals surface area (Å²) in [6.45, 7) is 15.2. The first-order valence-electron chi connectivity index (χ1n) is 7.95. The van der Waals surface area contributed by atoms with Crippen LogP contribution in [0.15, 0.2) is 0 Å². The van der Waals surface area contributed by atoms with Gasteiger partial charge >= 0.3 is 0 Å². The predicted octanol–water partition coefficient (Wildman–Crippen LogP) is 3.67. The maximum absolute atomic E-state index is 3.66. The van der Waals surface area contributed by atoms with Gasteiger partial charge in [-0.1, -0.05) is 26.7 Å². The number of likely N-dealkylation sites (tertiary alicyclic amines) is 1. The van der Waals surface area contributed by atoms with Crippen molar-refractivity contribution in [1.82, 2.24) is 10.2 Å². The SMILES string of the molecule is CCCC1CCN(C(CC)CNC(C)(C)C)CC1. The summed E-state index contributed by atoms with van der Waals surface area (Å²) < 4.78 is 0. The number of nitrogens with one attached hydrogen (secondary N) is 1. The van der Waals surface area contributed by atoms with Gasteiger partial charge in [-0.05, 0) is 59.0 Å². The van der Waals surface area contributed by atoms with Gasteiger partial charge in [0, 0.05) is 18.1 Å². The molecule has 1 saturated heterocycles. The van der Waals surface area contributed by atoms with Crippen LogP contribution in [0.2, 0.25) is 0 Å². The third-order valence-corrected chi connectivity index (χ3v) is 4.20. The van der Waals surface area contributed by atoms with Crippen LogP contribution in [0.25, 0.3) is 0 Å². The van der Waals surface area contributed by atoms with Gasteiger partial charge in [0.1, 0.15) is 0 Å². The Morgan fingerprint density at radius 1 is 1.17 bits per heavy atom. The molecule has 1 fully saturated rings. The number of nitrogens with zero attached hydrogens (tertiary/aromatic N) is 1. The summed E-state index contributed by atoms with van der Waals surface area (Å²) in [4.78, 5) is 2.71. The van der Waals surface area contributed by atoms with Gasteiger partial charge in [0.2, 0.25) is 0 Å². The van der Waals surface area contributed by atoms with E-state index in [4.69, 9.17) is 0 Å². The third-order valence-electron chi connectivity index (χ3n) is 4.20. The van der Waals surface area contributed by atoms with E-state index in [1.807, 2.05) is 0 Å².